The van der Waals surface area contributed by atoms with Crippen LogP contribution in [0.15, 0.2) is 41.3 Å². The van der Waals surface area contributed by atoms with Gasteiger partial charge in [-0.3, -0.25) is 14.6 Å². The third kappa shape index (κ3) is 2.81. The summed E-state index contributed by atoms with van der Waals surface area (Å²) in [5.41, 5.74) is 4.01. The third-order valence-corrected chi connectivity index (χ3v) is 4.72. The standard InChI is InChI=1S/C19H19N5O2/c1-12-9-17(25)22-19(21-12)24-13(2)16(10-20-24)18(26)23-8-7-14-5-3-4-6-15(14)11-23/h3-6,9-10H,7-8,11H2,1-2H3,(H,21,22,25). The largest absolute Gasteiger partial charge is 0.334 e. The molecule has 0 bridgehead atoms. The van der Waals surface area contributed by atoms with Crippen LogP contribution in [0.2, 0.25) is 0 Å². The lowest BCUT2D eigenvalue weighted by Gasteiger charge is -2.28. The smallest absolute Gasteiger partial charge is 0.257 e. The van der Waals surface area contributed by atoms with Crippen molar-refractivity contribution in [1.82, 2.24) is 24.6 Å². The molecule has 1 aliphatic rings. The molecule has 1 amide bonds. The van der Waals surface area contributed by atoms with Crippen molar-refractivity contribution in [1.29, 1.82) is 0 Å². The van der Waals surface area contributed by atoms with Gasteiger partial charge in [-0.25, -0.2) is 9.67 Å². The normalized spacial score (nSPS) is 13.5. The minimum atomic E-state index is -0.247. The topological polar surface area (TPSA) is 83.9 Å². The summed E-state index contributed by atoms with van der Waals surface area (Å²) in [5.74, 6) is 0.258. The van der Waals surface area contributed by atoms with Crippen LogP contribution in [-0.4, -0.2) is 37.1 Å². The first kappa shape index (κ1) is 16.3. The number of carbonyl (C=O) groups excluding carboxylic acids is 1. The Kier molecular flexibility index (Phi) is 3.91. The number of fused-ring (bicyclic) bond motifs is 1. The maximum Gasteiger partial charge on any atom is 0.257 e. The summed E-state index contributed by atoms with van der Waals surface area (Å²) >= 11 is 0. The summed E-state index contributed by atoms with van der Waals surface area (Å²) in [6.45, 7) is 4.83. The Labute approximate surface area is 150 Å². The van der Waals surface area contributed by atoms with Gasteiger partial charge < -0.3 is 4.90 Å². The van der Waals surface area contributed by atoms with Crippen LogP contribution < -0.4 is 5.56 Å². The second kappa shape index (κ2) is 6.25. The molecule has 0 atom stereocenters. The lowest BCUT2D eigenvalue weighted by Crippen LogP contribution is -2.36. The highest BCUT2D eigenvalue weighted by Crippen LogP contribution is 2.21. The van der Waals surface area contributed by atoms with Crippen molar-refractivity contribution in [2.45, 2.75) is 26.8 Å². The predicted octanol–water partition coefficient (Wildman–Crippen LogP) is 1.77. The second-order valence-electron chi connectivity index (χ2n) is 6.51. The van der Waals surface area contributed by atoms with Crippen molar-refractivity contribution in [2.24, 2.45) is 0 Å². The molecule has 132 valence electrons. The van der Waals surface area contributed by atoms with E-state index >= 15 is 0 Å². The molecule has 0 radical (unpaired) electrons. The first-order valence-corrected chi connectivity index (χ1v) is 8.52. The lowest BCUT2D eigenvalue weighted by molar-refractivity contribution is 0.0734. The summed E-state index contributed by atoms with van der Waals surface area (Å²) in [7, 11) is 0. The maximum absolute atomic E-state index is 13.0. The van der Waals surface area contributed by atoms with E-state index in [1.54, 1.807) is 20.0 Å². The molecular weight excluding hydrogens is 330 g/mol. The minimum absolute atomic E-state index is 0.0572. The number of aryl methyl sites for hydroxylation is 1. The summed E-state index contributed by atoms with van der Waals surface area (Å²) in [5, 5.41) is 4.26. The average Bonchev–Trinajstić information content (AvgIpc) is 3.01. The fourth-order valence-corrected chi connectivity index (χ4v) is 3.34. The Morgan fingerprint density at radius 1 is 1.19 bits per heavy atom. The Morgan fingerprint density at radius 3 is 2.73 bits per heavy atom. The van der Waals surface area contributed by atoms with Crippen molar-refractivity contribution in [2.75, 3.05) is 6.54 Å². The van der Waals surface area contributed by atoms with Crippen LogP contribution in [0, 0.1) is 13.8 Å². The number of H-pyrrole nitrogens is 1. The zero-order valence-corrected chi connectivity index (χ0v) is 14.7. The van der Waals surface area contributed by atoms with E-state index < -0.39 is 0 Å². The Bertz CT molecular complexity index is 1050. The maximum atomic E-state index is 13.0. The van der Waals surface area contributed by atoms with Crippen LogP contribution in [0.1, 0.15) is 32.9 Å². The van der Waals surface area contributed by atoms with Gasteiger partial charge in [0.25, 0.3) is 11.5 Å². The molecule has 1 aliphatic heterocycles. The molecule has 0 unspecified atom stereocenters. The summed E-state index contributed by atoms with van der Waals surface area (Å²) in [4.78, 5) is 33.5. The number of benzene rings is 1. The molecule has 7 heteroatoms. The van der Waals surface area contributed by atoms with Gasteiger partial charge in [0.15, 0.2) is 0 Å². The summed E-state index contributed by atoms with van der Waals surface area (Å²) in [6, 6.07) is 9.61. The van der Waals surface area contributed by atoms with Gasteiger partial charge in [-0.1, -0.05) is 24.3 Å². The van der Waals surface area contributed by atoms with Crippen molar-refractivity contribution < 1.29 is 4.79 Å². The van der Waals surface area contributed by atoms with Gasteiger partial charge in [-0.05, 0) is 31.4 Å². The lowest BCUT2D eigenvalue weighted by atomic mass is 9.99. The Hall–Kier alpha value is -3.22. The highest BCUT2D eigenvalue weighted by Gasteiger charge is 2.25. The van der Waals surface area contributed by atoms with Gasteiger partial charge in [0, 0.05) is 24.8 Å². The number of aromatic amines is 1. The van der Waals surface area contributed by atoms with Crippen LogP contribution in [0.3, 0.4) is 0 Å². The molecule has 26 heavy (non-hydrogen) atoms. The number of hydrogen-bond donors (Lipinski definition) is 1. The summed E-state index contributed by atoms with van der Waals surface area (Å²) in [6.07, 6.45) is 2.39. The minimum Gasteiger partial charge on any atom is -0.334 e. The molecule has 0 saturated heterocycles. The number of aromatic nitrogens is 4. The molecule has 1 N–H and O–H groups in total. The number of nitrogens with one attached hydrogen (secondary N) is 1. The number of amides is 1. The number of rotatable bonds is 2. The van der Waals surface area contributed by atoms with Gasteiger partial charge in [0.05, 0.1) is 17.5 Å². The van der Waals surface area contributed by atoms with E-state index in [2.05, 4.69) is 27.2 Å². The van der Waals surface area contributed by atoms with Gasteiger partial charge in [-0.15, -0.1) is 0 Å². The average molecular weight is 349 g/mol. The molecular formula is C19H19N5O2. The highest BCUT2D eigenvalue weighted by atomic mass is 16.2. The quantitative estimate of drug-likeness (QED) is 0.764. The molecule has 0 fully saturated rings. The zero-order chi connectivity index (χ0) is 18.3. The SMILES string of the molecule is Cc1cc(=O)[nH]c(-n2ncc(C(=O)N3CCc4ccccc4C3)c2C)n1. The number of nitrogens with zero attached hydrogens (tertiary/aromatic N) is 4. The molecule has 0 spiro atoms. The fourth-order valence-electron chi connectivity index (χ4n) is 3.34. The molecule has 4 rings (SSSR count). The monoisotopic (exact) mass is 349 g/mol. The van der Waals surface area contributed by atoms with E-state index in [4.69, 9.17) is 0 Å². The van der Waals surface area contributed by atoms with Crippen LogP contribution in [0.5, 0.6) is 0 Å². The van der Waals surface area contributed by atoms with Gasteiger partial charge in [0.2, 0.25) is 5.95 Å². The number of hydrogen-bond acceptors (Lipinski definition) is 4. The van der Waals surface area contributed by atoms with Crippen LogP contribution in [0.25, 0.3) is 5.95 Å². The van der Waals surface area contributed by atoms with Crippen LogP contribution in [-0.2, 0) is 13.0 Å². The van der Waals surface area contributed by atoms with Gasteiger partial charge in [-0.2, -0.15) is 5.10 Å². The molecule has 3 aromatic rings. The number of carbonyl (C=O) groups is 1. The third-order valence-electron chi connectivity index (χ3n) is 4.72. The van der Waals surface area contributed by atoms with Crippen molar-refractivity contribution in [3.05, 3.63) is 75.0 Å². The van der Waals surface area contributed by atoms with E-state index in [0.717, 1.165) is 6.42 Å². The van der Waals surface area contributed by atoms with Gasteiger partial charge >= 0.3 is 0 Å². The molecule has 0 saturated carbocycles. The van der Waals surface area contributed by atoms with Crippen molar-refractivity contribution in [3.63, 3.8) is 0 Å². The molecule has 2 aromatic heterocycles. The van der Waals surface area contributed by atoms with E-state index in [9.17, 15) is 9.59 Å². The van der Waals surface area contributed by atoms with Crippen molar-refractivity contribution >= 4 is 5.91 Å². The van der Waals surface area contributed by atoms with E-state index in [0.29, 0.717) is 36.0 Å². The Morgan fingerprint density at radius 2 is 1.96 bits per heavy atom. The fraction of sp³-hybridized carbons (Fsp3) is 0.263. The molecule has 3 heterocycles. The van der Waals surface area contributed by atoms with Crippen LogP contribution >= 0.6 is 0 Å². The molecule has 0 aliphatic carbocycles. The first-order valence-electron chi connectivity index (χ1n) is 8.52. The predicted molar refractivity (Wildman–Crippen MR) is 96.3 cm³/mol. The van der Waals surface area contributed by atoms with Gasteiger partial charge in [0.1, 0.15) is 0 Å². The van der Waals surface area contributed by atoms with E-state index in [1.165, 1.54) is 21.9 Å². The first-order chi connectivity index (χ1) is 12.5. The van der Waals surface area contributed by atoms with E-state index in [1.807, 2.05) is 17.0 Å². The second-order valence-corrected chi connectivity index (χ2v) is 6.51. The van der Waals surface area contributed by atoms with Crippen molar-refractivity contribution in [3.8, 4) is 5.95 Å². The summed E-state index contributed by atoms with van der Waals surface area (Å²) < 4.78 is 1.50. The molecule has 7 nitrogen and oxygen atoms in total. The zero-order valence-electron chi connectivity index (χ0n) is 14.7. The van der Waals surface area contributed by atoms with Crippen LogP contribution in [0.4, 0.5) is 0 Å². The Balaban J connectivity index is 1.64. The van der Waals surface area contributed by atoms with E-state index in [-0.39, 0.29) is 11.5 Å². The highest BCUT2D eigenvalue weighted by molar-refractivity contribution is 5.95. The molecule has 1 aromatic carbocycles.